The highest BCUT2D eigenvalue weighted by molar-refractivity contribution is 7.19. The SMILES string of the molecule is CCCc1nnc2sc(-c3cccc(NC(=O)COc4ccccc4F)c3)nn12. The Labute approximate surface area is 170 Å². The van der Waals surface area contributed by atoms with Crippen molar-refractivity contribution in [3.05, 3.63) is 60.2 Å². The molecule has 0 unspecified atom stereocenters. The second kappa shape index (κ2) is 8.36. The third kappa shape index (κ3) is 4.24. The quantitative estimate of drug-likeness (QED) is 0.498. The molecule has 2 aromatic heterocycles. The second-order valence-electron chi connectivity index (χ2n) is 6.32. The predicted molar refractivity (Wildman–Crippen MR) is 109 cm³/mol. The molecule has 2 heterocycles. The van der Waals surface area contributed by atoms with Crippen molar-refractivity contribution in [2.45, 2.75) is 19.8 Å². The largest absolute Gasteiger partial charge is 0.481 e. The molecule has 0 spiro atoms. The van der Waals surface area contributed by atoms with Gasteiger partial charge >= 0.3 is 0 Å². The molecule has 9 heteroatoms. The van der Waals surface area contributed by atoms with E-state index in [1.165, 1.54) is 23.5 Å². The van der Waals surface area contributed by atoms with E-state index in [9.17, 15) is 9.18 Å². The highest BCUT2D eigenvalue weighted by Gasteiger charge is 2.13. The molecular weight excluding hydrogens is 393 g/mol. The number of benzene rings is 2. The van der Waals surface area contributed by atoms with Gasteiger partial charge in [0.05, 0.1) is 0 Å². The van der Waals surface area contributed by atoms with E-state index in [4.69, 9.17) is 4.74 Å². The van der Waals surface area contributed by atoms with Crippen LogP contribution >= 0.6 is 11.3 Å². The van der Waals surface area contributed by atoms with Gasteiger partial charge in [-0.2, -0.15) is 9.61 Å². The molecule has 1 amide bonds. The summed E-state index contributed by atoms with van der Waals surface area (Å²) in [5, 5.41) is 16.5. The number of ether oxygens (including phenoxy) is 1. The number of amides is 1. The summed E-state index contributed by atoms with van der Waals surface area (Å²) in [6.07, 6.45) is 1.77. The molecule has 29 heavy (non-hydrogen) atoms. The maximum Gasteiger partial charge on any atom is 0.262 e. The summed E-state index contributed by atoms with van der Waals surface area (Å²) >= 11 is 1.43. The molecule has 0 radical (unpaired) electrons. The van der Waals surface area contributed by atoms with Crippen LogP contribution in [0.1, 0.15) is 19.2 Å². The van der Waals surface area contributed by atoms with Crippen molar-refractivity contribution in [2.75, 3.05) is 11.9 Å². The molecule has 7 nitrogen and oxygen atoms in total. The van der Waals surface area contributed by atoms with Crippen molar-refractivity contribution in [3.8, 4) is 16.3 Å². The Balaban J connectivity index is 1.46. The van der Waals surface area contributed by atoms with Gasteiger partial charge < -0.3 is 10.1 Å². The minimum absolute atomic E-state index is 0.0408. The number of nitrogens with one attached hydrogen (secondary N) is 1. The van der Waals surface area contributed by atoms with Crippen LogP contribution in [0.2, 0.25) is 0 Å². The fourth-order valence-electron chi connectivity index (χ4n) is 2.79. The standard InChI is InChI=1S/C20H18FN5O2S/c1-2-6-17-23-24-20-26(17)25-19(29-20)13-7-5-8-14(11-13)22-18(27)12-28-16-10-4-3-9-15(16)21/h3-5,7-11H,2,6,12H2,1H3,(H,22,27). The number of para-hydroxylation sites is 1. The van der Waals surface area contributed by atoms with E-state index >= 15 is 0 Å². The zero-order valence-electron chi connectivity index (χ0n) is 15.6. The minimum Gasteiger partial charge on any atom is -0.481 e. The van der Waals surface area contributed by atoms with Crippen LogP contribution in [0.4, 0.5) is 10.1 Å². The first kappa shape index (κ1) is 19.0. The van der Waals surface area contributed by atoms with Crippen LogP contribution in [0.15, 0.2) is 48.5 Å². The Kier molecular flexibility index (Phi) is 5.48. The first-order chi connectivity index (χ1) is 14.1. The van der Waals surface area contributed by atoms with Crippen molar-refractivity contribution >= 4 is 27.9 Å². The van der Waals surface area contributed by atoms with Gasteiger partial charge in [-0.3, -0.25) is 4.79 Å². The van der Waals surface area contributed by atoms with Gasteiger partial charge in [0.2, 0.25) is 4.96 Å². The summed E-state index contributed by atoms with van der Waals surface area (Å²) < 4.78 is 20.6. The Morgan fingerprint density at radius 3 is 2.90 bits per heavy atom. The van der Waals surface area contributed by atoms with Crippen molar-refractivity contribution < 1.29 is 13.9 Å². The highest BCUT2D eigenvalue weighted by atomic mass is 32.1. The molecule has 0 aliphatic heterocycles. The summed E-state index contributed by atoms with van der Waals surface area (Å²) in [6, 6.07) is 13.3. The first-order valence-corrected chi connectivity index (χ1v) is 9.94. The van der Waals surface area contributed by atoms with Crippen molar-refractivity contribution in [2.24, 2.45) is 0 Å². The van der Waals surface area contributed by atoms with Crippen LogP contribution < -0.4 is 10.1 Å². The number of carbonyl (C=O) groups is 1. The second-order valence-corrected chi connectivity index (χ2v) is 7.27. The van der Waals surface area contributed by atoms with Gasteiger partial charge in [0.15, 0.2) is 24.0 Å². The fourth-order valence-corrected chi connectivity index (χ4v) is 3.64. The maximum absolute atomic E-state index is 13.6. The topological polar surface area (TPSA) is 81.4 Å². The summed E-state index contributed by atoms with van der Waals surface area (Å²) in [6.45, 7) is 1.79. The lowest BCUT2D eigenvalue weighted by molar-refractivity contribution is -0.118. The molecule has 0 aliphatic carbocycles. The number of rotatable bonds is 7. The zero-order chi connectivity index (χ0) is 20.2. The lowest BCUT2D eigenvalue weighted by Gasteiger charge is -2.08. The van der Waals surface area contributed by atoms with Crippen LogP contribution in [0.3, 0.4) is 0 Å². The van der Waals surface area contributed by atoms with Gasteiger partial charge in [0.1, 0.15) is 5.01 Å². The molecule has 4 rings (SSSR count). The molecule has 0 saturated heterocycles. The Morgan fingerprint density at radius 2 is 2.07 bits per heavy atom. The van der Waals surface area contributed by atoms with Crippen molar-refractivity contribution in [3.63, 3.8) is 0 Å². The number of aromatic nitrogens is 4. The summed E-state index contributed by atoms with van der Waals surface area (Å²) in [7, 11) is 0. The number of aryl methyl sites for hydroxylation is 1. The van der Waals surface area contributed by atoms with Crippen LogP contribution in [0, 0.1) is 5.82 Å². The Hall–Kier alpha value is -3.33. The van der Waals surface area contributed by atoms with Gasteiger partial charge in [0.25, 0.3) is 5.91 Å². The van der Waals surface area contributed by atoms with E-state index in [0.717, 1.165) is 34.2 Å². The summed E-state index contributed by atoms with van der Waals surface area (Å²) in [5.41, 5.74) is 1.46. The first-order valence-electron chi connectivity index (χ1n) is 9.13. The van der Waals surface area contributed by atoms with Gasteiger partial charge in [-0.1, -0.05) is 42.5 Å². The molecule has 2 aromatic carbocycles. The number of anilines is 1. The minimum atomic E-state index is -0.506. The fraction of sp³-hybridized carbons (Fsp3) is 0.200. The number of carbonyl (C=O) groups excluding carboxylic acids is 1. The lowest BCUT2D eigenvalue weighted by atomic mass is 10.2. The number of halogens is 1. The molecule has 4 aromatic rings. The number of nitrogens with zero attached hydrogens (tertiary/aromatic N) is 4. The summed E-state index contributed by atoms with van der Waals surface area (Å²) in [5.74, 6) is -0.0134. The van der Waals surface area contributed by atoms with Crippen LogP contribution in [0.25, 0.3) is 15.5 Å². The van der Waals surface area contributed by atoms with E-state index in [2.05, 4.69) is 27.5 Å². The van der Waals surface area contributed by atoms with E-state index in [1.807, 2.05) is 18.2 Å². The molecule has 0 saturated carbocycles. The van der Waals surface area contributed by atoms with Gasteiger partial charge in [-0.05, 0) is 30.7 Å². The molecule has 0 fully saturated rings. The molecule has 1 N–H and O–H groups in total. The third-order valence-electron chi connectivity index (χ3n) is 4.12. The van der Waals surface area contributed by atoms with E-state index in [1.54, 1.807) is 22.7 Å². The molecule has 148 valence electrons. The van der Waals surface area contributed by atoms with Gasteiger partial charge in [-0.15, -0.1) is 10.2 Å². The monoisotopic (exact) mass is 411 g/mol. The van der Waals surface area contributed by atoms with Gasteiger partial charge in [0, 0.05) is 17.7 Å². The molecule has 0 bridgehead atoms. The Morgan fingerprint density at radius 1 is 1.21 bits per heavy atom. The molecular formula is C20H18FN5O2S. The Bertz CT molecular complexity index is 1160. The van der Waals surface area contributed by atoms with E-state index in [0.29, 0.717) is 5.69 Å². The number of hydrogen-bond acceptors (Lipinski definition) is 6. The lowest BCUT2D eigenvalue weighted by Crippen LogP contribution is -2.20. The predicted octanol–water partition coefficient (Wildman–Crippen LogP) is 3.96. The van der Waals surface area contributed by atoms with Crippen LogP contribution in [0.5, 0.6) is 5.75 Å². The van der Waals surface area contributed by atoms with Crippen LogP contribution in [-0.2, 0) is 11.2 Å². The molecule has 0 atom stereocenters. The van der Waals surface area contributed by atoms with Gasteiger partial charge in [-0.25, -0.2) is 4.39 Å². The normalized spacial score (nSPS) is 11.0. The number of fused-ring (bicyclic) bond motifs is 1. The summed E-state index contributed by atoms with van der Waals surface area (Å²) in [4.78, 5) is 12.9. The third-order valence-corrected chi connectivity index (χ3v) is 5.07. The van der Waals surface area contributed by atoms with Crippen molar-refractivity contribution in [1.29, 1.82) is 0 Å². The number of hydrogen-bond donors (Lipinski definition) is 1. The molecule has 0 aliphatic rings. The van der Waals surface area contributed by atoms with E-state index in [-0.39, 0.29) is 18.3 Å². The average molecular weight is 411 g/mol. The zero-order valence-corrected chi connectivity index (χ0v) is 16.4. The highest BCUT2D eigenvalue weighted by Crippen LogP contribution is 2.27. The average Bonchev–Trinajstić information content (AvgIpc) is 3.30. The van der Waals surface area contributed by atoms with E-state index < -0.39 is 5.82 Å². The maximum atomic E-state index is 13.6. The van der Waals surface area contributed by atoms with Crippen LogP contribution in [-0.4, -0.2) is 32.3 Å². The van der Waals surface area contributed by atoms with Crippen molar-refractivity contribution in [1.82, 2.24) is 19.8 Å². The smallest absolute Gasteiger partial charge is 0.262 e.